The van der Waals surface area contributed by atoms with Crippen molar-refractivity contribution in [1.29, 1.82) is 0 Å². The number of aromatic nitrogens is 2. The summed E-state index contributed by atoms with van der Waals surface area (Å²) in [5, 5.41) is 3.61. The number of hydrogen-bond donors (Lipinski definition) is 1. The van der Waals surface area contributed by atoms with Gasteiger partial charge in [-0.25, -0.2) is 4.40 Å². The fourth-order valence-corrected chi connectivity index (χ4v) is 4.08. The van der Waals surface area contributed by atoms with E-state index in [1.54, 1.807) is 17.6 Å². The number of alkyl halides is 3. The molecule has 1 saturated carbocycles. The van der Waals surface area contributed by atoms with Crippen molar-refractivity contribution in [3.05, 3.63) is 29.6 Å². The van der Waals surface area contributed by atoms with Gasteiger partial charge in [-0.05, 0) is 24.8 Å². The Morgan fingerprint density at radius 2 is 1.93 bits per heavy atom. The number of anilines is 1. The van der Waals surface area contributed by atoms with E-state index < -0.39 is 11.7 Å². The molecule has 1 aliphatic carbocycles. The van der Waals surface area contributed by atoms with E-state index in [1.165, 1.54) is 18.7 Å². The van der Waals surface area contributed by atoms with Gasteiger partial charge in [-0.3, -0.25) is 9.88 Å². The predicted molar refractivity (Wildman–Crippen MR) is 104 cm³/mol. The second kappa shape index (κ2) is 8.72. The Hall–Kier alpha value is -1.76. The molecule has 2 heterocycles. The van der Waals surface area contributed by atoms with Crippen molar-refractivity contribution in [2.24, 2.45) is 5.92 Å². The Morgan fingerprint density at radius 3 is 2.54 bits per heavy atom. The lowest BCUT2D eigenvalue weighted by Gasteiger charge is -2.20. The fraction of sp³-hybridized carbons (Fsp3) is 0.667. The number of nitrogens with one attached hydrogen (secondary N) is 1. The monoisotopic (exact) mass is 398 g/mol. The molecule has 0 amide bonds. The van der Waals surface area contributed by atoms with Crippen molar-refractivity contribution >= 4 is 11.5 Å². The van der Waals surface area contributed by atoms with Crippen molar-refractivity contribution in [2.75, 3.05) is 19.0 Å². The molecule has 1 fully saturated rings. The molecule has 0 spiro atoms. The number of halogens is 3. The van der Waals surface area contributed by atoms with Gasteiger partial charge in [-0.2, -0.15) is 13.2 Å². The molecule has 0 saturated heterocycles. The average Bonchev–Trinajstić information content (AvgIpc) is 2.92. The van der Waals surface area contributed by atoms with Gasteiger partial charge in [0, 0.05) is 19.6 Å². The highest BCUT2D eigenvalue weighted by Gasteiger charge is 2.34. The molecule has 2 aromatic heterocycles. The van der Waals surface area contributed by atoms with Crippen molar-refractivity contribution in [1.82, 2.24) is 4.57 Å². The first-order chi connectivity index (χ1) is 13.3. The van der Waals surface area contributed by atoms with Crippen LogP contribution in [-0.2, 0) is 23.9 Å². The van der Waals surface area contributed by atoms with Crippen LogP contribution in [0.1, 0.15) is 57.2 Å². The highest BCUT2D eigenvalue weighted by molar-refractivity contribution is 5.48. The lowest BCUT2D eigenvalue weighted by atomic mass is 9.95. The van der Waals surface area contributed by atoms with Gasteiger partial charge in [0.05, 0.1) is 31.0 Å². The molecule has 0 atom stereocenters. The molecule has 0 radical (unpaired) electrons. The first-order valence-corrected chi connectivity index (χ1v) is 10.2. The minimum atomic E-state index is -4.36. The van der Waals surface area contributed by atoms with Crippen molar-refractivity contribution in [3.63, 3.8) is 0 Å². The maximum absolute atomic E-state index is 13.4. The second-order valence-electron chi connectivity index (χ2n) is 8.16. The summed E-state index contributed by atoms with van der Waals surface area (Å²) in [7, 11) is 1.64. The number of hydrogen-bond acceptors (Lipinski definition) is 2. The topological polar surface area (TPSA) is 30.3 Å². The zero-order chi connectivity index (χ0) is 20.3. The van der Waals surface area contributed by atoms with Crippen LogP contribution in [0.5, 0.6) is 0 Å². The number of rotatable bonds is 7. The van der Waals surface area contributed by atoms with Gasteiger partial charge >= 0.3 is 6.18 Å². The zero-order valence-electron chi connectivity index (χ0n) is 17.0. The van der Waals surface area contributed by atoms with Gasteiger partial charge in [-0.15, -0.1) is 0 Å². The minimum absolute atomic E-state index is 0.309. The summed E-state index contributed by atoms with van der Waals surface area (Å²) in [5.41, 5.74) is 1.19. The minimum Gasteiger partial charge on any atom is -0.381 e. The quantitative estimate of drug-likeness (QED) is 0.677. The molecule has 2 aromatic rings. The predicted octanol–water partition coefficient (Wildman–Crippen LogP) is 4.84. The van der Waals surface area contributed by atoms with Crippen LogP contribution >= 0.6 is 0 Å². The summed E-state index contributed by atoms with van der Waals surface area (Å²) >= 11 is 0. The van der Waals surface area contributed by atoms with Gasteiger partial charge in [0.25, 0.3) is 5.82 Å². The van der Waals surface area contributed by atoms with Crippen LogP contribution in [0.3, 0.4) is 0 Å². The molecule has 3 rings (SSSR count). The Labute approximate surface area is 164 Å². The molecule has 156 valence electrons. The van der Waals surface area contributed by atoms with E-state index >= 15 is 0 Å². The van der Waals surface area contributed by atoms with Crippen LogP contribution in [0.4, 0.5) is 19.0 Å². The molecule has 1 aliphatic rings. The van der Waals surface area contributed by atoms with Crippen LogP contribution in [0.2, 0.25) is 0 Å². The third-order valence-corrected chi connectivity index (χ3v) is 5.44. The maximum Gasteiger partial charge on any atom is 0.419 e. The van der Waals surface area contributed by atoms with E-state index in [9.17, 15) is 13.2 Å². The molecular formula is C21H31F3N3O+. The normalized spacial score (nSPS) is 16.2. The first-order valence-electron chi connectivity index (χ1n) is 10.2. The Morgan fingerprint density at radius 1 is 1.21 bits per heavy atom. The lowest BCUT2D eigenvalue weighted by molar-refractivity contribution is -0.497. The lowest BCUT2D eigenvalue weighted by Crippen LogP contribution is -2.32. The number of pyridine rings is 1. The number of methoxy groups -OCH3 is 1. The SMILES string of the molecule is COCCn1c(CC(C)C)c(NC2CCCCC2)[n+]2cc(C(F)(F)F)ccc12. The van der Waals surface area contributed by atoms with Crippen molar-refractivity contribution < 1.29 is 22.3 Å². The zero-order valence-corrected chi connectivity index (χ0v) is 17.0. The Kier molecular flexibility index (Phi) is 6.53. The fourth-order valence-electron chi connectivity index (χ4n) is 4.08. The number of ether oxygens (including phenoxy) is 1. The highest BCUT2D eigenvalue weighted by Crippen LogP contribution is 2.30. The summed E-state index contributed by atoms with van der Waals surface area (Å²) in [5.74, 6) is 1.19. The second-order valence-corrected chi connectivity index (χ2v) is 8.16. The molecule has 7 heteroatoms. The number of fused-ring (bicyclic) bond motifs is 1. The molecule has 4 nitrogen and oxygen atoms in total. The summed E-state index contributed by atoms with van der Waals surface area (Å²) in [4.78, 5) is 0. The third-order valence-electron chi connectivity index (χ3n) is 5.44. The number of nitrogens with zero attached hydrogens (tertiary/aromatic N) is 2. The molecule has 1 N–H and O–H groups in total. The standard InChI is InChI=1S/C21H31F3N3O/c1-15(2)13-18-20(25-17-7-5-4-6-8-17)27-14-16(21(22,23)24)9-10-19(27)26(18)11-12-28-3/h9-10,14-15,17,25H,4-8,11-13H2,1-3H3/q+1. The van der Waals surface area contributed by atoms with E-state index in [-0.39, 0.29) is 0 Å². The smallest absolute Gasteiger partial charge is 0.381 e. The summed E-state index contributed by atoms with van der Waals surface area (Å²) < 4.78 is 49.2. The Bertz CT molecular complexity index is 792. The van der Waals surface area contributed by atoms with Crippen molar-refractivity contribution in [2.45, 2.75) is 71.1 Å². The van der Waals surface area contributed by atoms with Crippen LogP contribution in [0.25, 0.3) is 5.65 Å². The summed E-state index contributed by atoms with van der Waals surface area (Å²) in [6.45, 7) is 5.39. The van der Waals surface area contributed by atoms with Crippen LogP contribution in [-0.4, -0.2) is 24.3 Å². The largest absolute Gasteiger partial charge is 0.419 e. The molecule has 0 unspecified atom stereocenters. The first kappa shape index (κ1) is 21.0. The third kappa shape index (κ3) is 4.62. The molecule has 0 bridgehead atoms. The van der Waals surface area contributed by atoms with Gasteiger partial charge < -0.3 is 4.74 Å². The highest BCUT2D eigenvalue weighted by atomic mass is 19.4. The molecule has 0 aliphatic heterocycles. The molecule has 0 aromatic carbocycles. The van der Waals surface area contributed by atoms with Gasteiger partial charge in [0.2, 0.25) is 5.65 Å². The number of imidazole rings is 1. The van der Waals surface area contributed by atoms with Crippen LogP contribution in [0, 0.1) is 5.92 Å². The molecular weight excluding hydrogens is 367 g/mol. The van der Waals surface area contributed by atoms with E-state index in [0.29, 0.717) is 25.1 Å². The Balaban J connectivity index is 2.14. The van der Waals surface area contributed by atoms with Gasteiger partial charge in [-0.1, -0.05) is 33.1 Å². The average molecular weight is 398 g/mol. The van der Waals surface area contributed by atoms with Gasteiger partial charge in [0.15, 0.2) is 0 Å². The van der Waals surface area contributed by atoms with Crippen LogP contribution in [0.15, 0.2) is 18.3 Å². The summed E-state index contributed by atoms with van der Waals surface area (Å²) in [6, 6.07) is 3.06. The van der Waals surface area contributed by atoms with Crippen molar-refractivity contribution in [3.8, 4) is 0 Å². The maximum atomic E-state index is 13.4. The van der Waals surface area contributed by atoms with E-state index in [4.69, 9.17) is 4.74 Å². The van der Waals surface area contributed by atoms with E-state index in [0.717, 1.165) is 49.3 Å². The summed E-state index contributed by atoms with van der Waals surface area (Å²) in [6.07, 6.45) is 3.34. The van der Waals surface area contributed by atoms with Gasteiger partial charge in [0.1, 0.15) is 5.69 Å². The van der Waals surface area contributed by atoms with Crippen LogP contribution < -0.4 is 9.72 Å². The molecule has 28 heavy (non-hydrogen) atoms. The van der Waals surface area contributed by atoms with E-state index in [1.807, 2.05) is 0 Å². The van der Waals surface area contributed by atoms with E-state index in [2.05, 4.69) is 23.7 Å².